The molecule has 0 amide bonds. The Kier molecular flexibility index (Phi) is 2.96. The summed E-state index contributed by atoms with van der Waals surface area (Å²) in [6.07, 6.45) is -4.03. The first-order valence-electron chi connectivity index (χ1n) is 5.08. The van der Waals surface area contributed by atoms with E-state index in [4.69, 9.17) is 0 Å². The summed E-state index contributed by atoms with van der Waals surface area (Å²) in [6, 6.07) is 0. The molecule has 2 heterocycles. The minimum Gasteiger partial charge on any atom is -0.297 e. The largest absolute Gasteiger partial charge is 0.394 e. The normalized spacial score (nSPS) is 18.8. The van der Waals surface area contributed by atoms with Gasteiger partial charge in [0.15, 0.2) is 0 Å². The smallest absolute Gasteiger partial charge is 0.297 e. The van der Waals surface area contributed by atoms with Crippen LogP contribution < -0.4 is 0 Å². The molecule has 1 aromatic heterocycles. The lowest BCUT2D eigenvalue weighted by atomic mass is 10.00. The van der Waals surface area contributed by atoms with Crippen LogP contribution in [0.5, 0.6) is 0 Å². The van der Waals surface area contributed by atoms with Gasteiger partial charge in [-0.3, -0.25) is 4.90 Å². The number of nitrogens with zero attached hydrogens (tertiary/aromatic N) is 2. The van der Waals surface area contributed by atoms with Crippen LogP contribution in [0.2, 0.25) is 0 Å². The van der Waals surface area contributed by atoms with Crippen molar-refractivity contribution >= 4 is 11.3 Å². The van der Waals surface area contributed by atoms with Gasteiger partial charge >= 0.3 is 6.18 Å². The standard InChI is InChI=1S/C10H13F3N2S/c1-6-9(16-7(2)14-6)5-15-3-8(4-15)10(11,12)13/h8H,3-5H2,1-2H3. The molecule has 1 saturated heterocycles. The quantitative estimate of drug-likeness (QED) is 0.802. The number of halogens is 3. The van der Waals surface area contributed by atoms with Crippen LogP contribution in [0.4, 0.5) is 13.2 Å². The molecule has 0 N–H and O–H groups in total. The number of hydrogen-bond donors (Lipinski definition) is 0. The van der Waals surface area contributed by atoms with Crippen molar-refractivity contribution in [1.82, 2.24) is 9.88 Å². The highest BCUT2D eigenvalue weighted by Gasteiger charge is 2.46. The first-order valence-corrected chi connectivity index (χ1v) is 5.90. The zero-order chi connectivity index (χ0) is 11.9. The SMILES string of the molecule is Cc1nc(C)c(CN2CC(C(F)(F)F)C2)s1. The molecule has 0 aromatic carbocycles. The Morgan fingerprint density at radius 3 is 2.44 bits per heavy atom. The fourth-order valence-electron chi connectivity index (χ4n) is 1.83. The van der Waals surface area contributed by atoms with Gasteiger partial charge in [0.25, 0.3) is 0 Å². The molecule has 1 fully saturated rings. The number of hydrogen-bond acceptors (Lipinski definition) is 3. The molecule has 0 radical (unpaired) electrons. The van der Waals surface area contributed by atoms with Gasteiger partial charge in [0.05, 0.1) is 16.6 Å². The Bertz CT molecular complexity index is 380. The van der Waals surface area contributed by atoms with Gasteiger partial charge in [-0.2, -0.15) is 13.2 Å². The van der Waals surface area contributed by atoms with Crippen molar-refractivity contribution < 1.29 is 13.2 Å². The minimum atomic E-state index is -4.03. The molecule has 0 unspecified atom stereocenters. The van der Waals surface area contributed by atoms with Crippen LogP contribution in [0.1, 0.15) is 15.6 Å². The molecule has 1 aliphatic heterocycles. The van der Waals surface area contributed by atoms with Crippen LogP contribution in [0.15, 0.2) is 0 Å². The summed E-state index contributed by atoms with van der Waals surface area (Å²) < 4.78 is 36.8. The summed E-state index contributed by atoms with van der Waals surface area (Å²) in [5, 5.41) is 0.973. The third kappa shape index (κ3) is 2.38. The summed E-state index contributed by atoms with van der Waals surface area (Å²) in [4.78, 5) is 7.16. The first kappa shape index (κ1) is 11.9. The summed E-state index contributed by atoms with van der Waals surface area (Å²) in [5.74, 6) is -1.14. The topological polar surface area (TPSA) is 16.1 Å². The van der Waals surface area contributed by atoms with E-state index >= 15 is 0 Å². The van der Waals surface area contributed by atoms with E-state index in [2.05, 4.69) is 4.98 Å². The second-order valence-corrected chi connectivity index (χ2v) is 5.46. The highest BCUT2D eigenvalue weighted by molar-refractivity contribution is 7.11. The lowest BCUT2D eigenvalue weighted by Gasteiger charge is -2.39. The molecule has 1 aromatic rings. The molecule has 0 spiro atoms. The van der Waals surface area contributed by atoms with Gasteiger partial charge in [0.1, 0.15) is 0 Å². The van der Waals surface area contributed by atoms with Gasteiger partial charge in [-0.25, -0.2) is 4.98 Å². The van der Waals surface area contributed by atoms with E-state index in [0.717, 1.165) is 15.6 Å². The highest BCUT2D eigenvalue weighted by Crippen LogP contribution is 2.34. The summed E-state index contributed by atoms with van der Waals surface area (Å²) in [6.45, 7) is 4.67. The molecular weight excluding hydrogens is 237 g/mol. The summed E-state index contributed by atoms with van der Waals surface area (Å²) in [7, 11) is 0. The monoisotopic (exact) mass is 250 g/mol. The number of likely N-dealkylation sites (tertiary alicyclic amines) is 1. The first-order chi connectivity index (χ1) is 7.36. The lowest BCUT2D eigenvalue weighted by molar-refractivity contribution is -0.210. The number of rotatable bonds is 2. The van der Waals surface area contributed by atoms with E-state index < -0.39 is 12.1 Å². The Labute approximate surface area is 96.1 Å². The van der Waals surface area contributed by atoms with Crippen molar-refractivity contribution in [2.45, 2.75) is 26.6 Å². The fraction of sp³-hybridized carbons (Fsp3) is 0.700. The van der Waals surface area contributed by atoms with Crippen molar-refractivity contribution in [3.8, 4) is 0 Å². The Morgan fingerprint density at radius 1 is 1.38 bits per heavy atom. The van der Waals surface area contributed by atoms with Gasteiger partial charge in [-0.15, -0.1) is 11.3 Å². The van der Waals surface area contributed by atoms with Crippen LogP contribution in [0, 0.1) is 19.8 Å². The van der Waals surface area contributed by atoms with Crippen LogP contribution in [0.3, 0.4) is 0 Å². The zero-order valence-electron chi connectivity index (χ0n) is 9.14. The van der Waals surface area contributed by atoms with E-state index in [-0.39, 0.29) is 13.1 Å². The van der Waals surface area contributed by atoms with Crippen LogP contribution in [-0.2, 0) is 6.54 Å². The highest BCUT2D eigenvalue weighted by atomic mass is 32.1. The third-order valence-electron chi connectivity index (χ3n) is 2.79. The molecule has 0 bridgehead atoms. The van der Waals surface area contributed by atoms with Gasteiger partial charge in [-0.1, -0.05) is 0 Å². The third-order valence-corrected chi connectivity index (χ3v) is 3.84. The molecule has 2 nitrogen and oxygen atoms in total. The fourth-order valence-corrected chi connectivity index (χ4v) is 2.81. The maximum absolute atomic E-state index is 12.3. The van der Waals surface area contributed by atoms with Crippen LogP contribution in [-0.4, -0.2) is 29.1 Å². The van der Waals surface area contributed by atoms with Crippen molar-refractivity contribution in [3.63, 3.8) is 0 Å². The van der Waals surface area contributed by atoms with Gasteiger partial charge in [0, 0.05) is 24.5 Å². The molecule has 0 atom stereocenters. The van der Waals surface area contributed by atoms with Gasteiger partial charge in [-0.05, 0) is 13.8 Å². The second kappa shape index (κ2) is 4.00. The predicted molar refractivity (Wildman–Crippen MR) is 56.4 cm³/mol. The van der Waals surface area contributed by atoms with Crippen molar-refractivity contribution in [2.24, 2.45) is 5.92 Å². The van der Waals surface area contributed by atoms with Crippen LogP contribution in [0.25, 0.3) is 0 Å². The molecule has 90 valence electrons. The van der Waals surface area contributed by atoms with Gasteiger partial charge in [0.2, 0.25) is 0 Å². The predicted octanol–water partition coefficient (Wildman–Crippen LogP) is 2.75. The molecule has 0 saturated carbocycles. The molecule has 6 heteroatoms. The maximum Gasteiger partial charge on any atom is 0.394 e. The second-order valence-electron chi connectivity index (χ2n) is 4.17. The van der Waals surface area contributed by atoms with E-state index in [0.29, 0.717) is 6.54 Å². The maximum atomic E-state index is 12.3. The van der Waals surface area contributed by atoms with E-state index in [9.17, 15) is 13.2 Å². The van der Waals surface area contributed by atoms with Gasteiger partial charge < -0.3 is 0 Å². The molecule has 2 rings (SSSR count). The number of alkyl halides is 3. The van der Waals surface area contributed by atoms with Crippen molar-refractivity contribution in [2.75, 3.05) is 13.1 Å². The molecular formula is C10H13F3N2S. The Balaban J connectivity index is 1.88. The molecule has 16 heavy (non-hydrogen) atoms. The van der Waals surface area contributed by atoms with Crippen LogP contribution >= 0.6 is 11.3 Å². The number of thiazole rings is 1. The number of aromatic nitrogens is 1. The van der Waals surface area contributed by atoms with Crippen molar-refractivity contribution in [3.05, 3.63) is 15.6 Å². The van der Waals surface area contributed by atoms with Crippen molar-refractivity contribution in [1.29, 1.82) is 0 Å². The summed E-state index contributed by atoms with van der Waals surface area (Å²) >= 11 is 1.57. The lowest BCUT2D eigenvalue weighted by Crippen LogP contribution is -2.52. The average Bonchev–Trinajstić information content (AvgIpc) is 2.34. The molecule has 0 aliphatic carbocycles. The minimum absolute atomic E-state index is 0.125. The average molecular weight is 250 g/mol. The molecule has 1 aliphatic rings. The number of aryl methyl sites for hydroxylation is 2. The van der Waals surface area contributed by atoms with E-state index in [1.54, 1.807) is 11.3 Å². The Morgan fingerprint density at radius 2 is 2.00 bits per heavy atom. The zero-order valence-corrected chi connectivity index (χ0v) is 9.95. The summed E-state index contributed by atoms with van der Waals surface area (Å²) in [5.41, 5.74) is 0.943. The Hall–Kier alpha value is -0.620. The van der Waals surface area contributed by atoms with E-state index in [1.807, 2.05) is 18.7 Å². The van der Waals surface area contributed by atoms with E-state index in [1.165, 1.54) is 0 Å².